The number of hydrazone groups is 2. The number of rotatable bonds is 19. The molecule has 0 aliphatic heterocycles. The number of phenols is 2. The first-order chi connectivity index (χ1) is 30.0. The van der Waals surface area contributed by atoms with E-state index >= 15 is 0 Å². The fraction of sp³-hybridized carbons (Fsp3) is 0.304. The Morgan fingerprint density at radius 1 is 0.587 bits per heavy atom. The number of non-ortho nitro benzene ring substituents is 2. The molecule has 4 aromatic carbocycles. The summed E-state index contributed by atoms with van der Waals surface area (Å²) in [5.74, 6) is -1.18. The first-order valence-electron chi connectivity index (χ1n) is 20.6. The SMILES string of the molecule is CCCCCCCCCCCCNCCO.O=C1C=Cc2ccccc2/C1=N/Nc1ccc([N+](=O)[O-])cc1O.O=C1C=Cc2ccccc2/C1=N/Nc1ccc([N+](=O)[O-])cc1O.[Cr].[H+]. The van der Waals surface area contributed by atoms with Gasteiger partial charge in [-0.2, -0.15) is 10.2 Å². The van der Waals surface area contributed by atoms with Crippen LogP contribution in [0.15, 0.2) is 107 Å². The van der Waals surface area contributed by atoms with Gasteiger partial charge in [-0.3, -0.25) is 40.7 Å². The molecule has 6 rings (SSSR count). The number of aromatic hydroxyl groups is 2. The number of allylic oxidation sites excluding steroid dienone is 2. The van der Waals surface area contributed by atoms with Crippen molar-refractivity contribution in [2.45, 2.75) is 71.1 Å². The molecule has 4 aromatic rings. The molecular formula is C46H54CrN7O9+. The Morgan fingerprint density at radius 3 is 1.40 bits per heavy atom. The molecule has 2 aliphatic rings. The molecule has 0 saturated heterocycles. The molecule has 0 radical (unpaired) electrons. The van der Waals surface area contributed by atoms with E-state index in [9.17, 15) is 40.0 Å². The summed E-state index contributed by atoms with van der Waals surface area (Å²) in [5, 5.41) is 60.7. The van der Waals surface area contributed by atoms with Gasteiger partial charge in [-0.1, -0.05) is 125 Å². The molecule has 16 nitrogen and oxygen atoms in total. The van der Waals surface area contributed by atoms with E-state index in [1.54, 1.807) is 36.4 Å². The van der Waals surface area contributed by atoms with Crippen LogP contribution in [0, 0.1) is 20.2 Å². The number of phenolic OH excluding ortho intramolecular Hbond substituents is 2. The Hall–Kier alpha value is -6.51. The summed E-state index contributed by atoms with van der Waals surface area (Å²) in [5.41, 5.74) is 8.52. The van der Waals surface area contributed by atoms with Crippen LogP contribution in [0.5, 0.6) is 11.5 Å². The van der Waals surface area contributed by atoms with Crippen LogP contribution in [-0.2, 0) is 27.0 Å². The predicted octanol–water partition coefficient (Wildman–Crippen LogP) is 9.02. The number of benzene rings is 4. The van der Waals surface area contributed by atoms with Gasteiger partial charge in [-0.05, 0) is 48.4 Å². The van der Waals surface area contributed by atoms with Gasteiger partial charge in [0, 0.05) is 47.2 Å². The summed E-state index contributed by atoms with van der Waals surface area (Å²) in [6.07, 6.45) is 20.1. The molecule has 0 spiro atoms. The molecule has 0 unspecified atom stereocenters. The zero-order valence-corrected chi connectivity index (χ0v) is 36.3. The Balaban J connectivity index is 0.000000332. The van der Waals surface area contributed by atoms with Gasteiger partial charge in [0.25, 0.3) is 11.4 Å². The van der Waals surface area contributed by atoms with Crippen LogP contribution in [-0.4, -0.2) is 67.9 Å². The summed E-state index contributed by atoms with van der Waals surface area (Å²) < 4.78 is 0. The third-order valence-corrected chi connectivity index (χ3v) is 9.68. The first kappa shape index (κ1) is 50.8. The van der Waals surface area contributed by atoms with Crippen molar-refractivity contribution in [2.24, 2.45) is 10.2 Å². The van der Waals surface area contributed by atoms with E-state index in [-0.39, 0.29) is 82.6 Å². The number of fused-ring (bicyclic) bond motifs is 2. The van der Waals surface area contributed by atoms with Crippen LogP contribution in [0.2, 0.25) is 0 Å². The van der Waals surface area contributed by atoms with E-state index in [1.807, 2.05) is 24.3 Å². The number of hydrogen-bond donors (Lipinski definition) is 6. The standard InChI is InChI=1S/2C16H11N3O4.C14H31NO.Cr/c2*20-14-8-5-10-3-1-2-4-12(10)16(14)18-17-13-7-6-11(19(22)23)9-15(13)21;1-2-3-4-5-6-7-8-9-10-11-12-15-13-14-16;/h2*1-9,17,21H;15-16H,2-14H2,1H3;/p+1/b2*18-16-;;. The molecule has 332 valence electrons. The Bertz CT molecular complexity index is 2140. The molecule has 63 heavy (non-hydrogen) atoms. The summed E-state index contributed by atoms with van der Waals surface area (Å²) in [4.78, 5) is 44.1. The van der Waals surface area contributed by atoms with Crippen LogP contribution in [0.3, 0.4) is 0 Å². The maximum atomic E-state index is 12.0. The van der Waals surface area contributed by atoms with Crippen molar-refractivity contribution >= 4 is 57.9 Å². The van der Waals surface area contributed by atoms with Crippen molar-refractivity contribution in [3.63, 3.8) is 0 Å². The van der Waals surface area contributed by atoms with Crippen LogP contribution in [0.1, 0.15) is 94.8 Å². The minimum absolute atomic E-state index is 0. The molecule has 0 atom stereocenters. The van der Waals surface area contributed by atoms with Gasteiger partial charge in [0.05, 0.1) is 40.0 Å². The quantitative estimate of drug-likeness (QED) is 0.0224. The number of nitro benzene ring substituents is 2. The average Bonchev–Trinajstić information content (AvgIpc) is 3.27. The van der Waals surface area contributed by atoms with E-state index in [0.717, 1.165) is 36.3 Å². The van der Waals surface area contributed by atoms with Crippen molar-refractivity contribution in [1.82, 2.24) is 5.32 Å². The van der Waals surface area contributed by atoms with Crippen molar-refractivity contribution in [1.29, 1.82) is 0 Å². The van der Waals surface area contributed by atoms with Gasteiger partial charge in [-0.25, -0.2) is 0 Å². The molecule has 17 heteroatoms. The molecule has 0 saturated carbocycles. The number of aliphatic hydroxyl groups is 1. The molecular weight excluding hydrogens is 847 g/mol. The summed E-state index contributed by atoms with van der Waals surface area (Å²) in [7, 11) is 0. The average molecular weight is 901 g/mol. The van der Waals surface area contributed by atoms with Crippen molar-refractivity contribution in [2.75, 3.05) is 30.5 Å². The molecule has 0 aromatic heterocycles. The largest absolute Gasteiger partial charge is 1.00 e. The Kier molecular flexibility index (Phi) is 22.1. The normalized spacial score (nSPS) is 13.4. The van der Waals surface area contributed by atoms with Crippen LogP contribution in [0.4, 0.5) is 22.7 Å². The summed E-state index contributed by atoms with van der Waals surface area (Å²) in [6.45, 7) is 4.34. The molecule has 0 bridgehead atoms. The van der Waals surface area contributed by atoms with E-state index < -0.39 is 9.85 Å². The number of aliphatic hydroxyl groups excluding tert-OH is 1. The maximum Gasteiger partial charge on any atom is 1.00 e. The zero-order chi connectivity index (χ0) is 44.7. The molecule has 6 N–H and O–H groups in total. The van der Waals surface area contributed by atoms with Crippen LogP contribution < -0.4 is 16.2 Å². The number of ketones is 2. The van der Waals surface area contributed by atoms with Gasteiger partial charge in [0.1, 0.15) is 22.9 Å². The van der Waals surface area contributed by atoms with E-state index in [0.29, 0.717) is 11.1 Å². The van der Waals surface area contributed by atoms with Gasteiger partial charge >= 0.3 is 1.43 Å². The van der Waals surface area contributed by atoms with E-state index in [4.69, 9.17) is 5.11 Å². The van der Waals surface area contributed by atoms with Gasteiger partial charge in [0.15, 0.2) is 0 Å². The number of hydrogen-bond acceptors (Lipinski definition) is 14. The van der Waals surface area contributed by atoms with Gasteiger partial charge < -0.3 is 20.6 Å². The zero-order valence-electron chi connectivity index (χ0n) is 36.1. The number of nitrogens with zero attached hydrogens (tertiary/aromatic N) is 4. The summed E-state index contributed by atoms with van der Waals surface area (Å²) >= 11 is 0. The van der Waals surface area contributed by atoms with Gasteiger partial charge in [-0.15, -0.1) is 0 Å². The number of unbranched alkanes of at least 4 members (excludes halogenated alkanes) is 9. The topological polar surface area (TPSA) is 242 Å². The fourth-order valence-electron chi connectivity index (χ4n) is 6.33. The first-order valence-corrected chi connectivity index (χ1v) is 20.6. The third kappa shape index (κ3) is 16.4. The molecule has 0 amide bonds. The van der Waals surface area contributed by atoms with Crippen LogP contribution >= 0.6 is 0 Å². The second-order valence-electron chi connectivity index (χ2n) is 14.3. The number of nitro groups is 2. The second-order valence-corrected chi connectivity index (χ2v) is 14.3. The minimum Gasteiger partial charge on any atom is -0.505 e. The maximum absolute atomic E-state index is 12.0. The van der Waals surface area contributed by atoms with Gasteiger partial charge in [0.2, 0.25) is 11.6 Å². The van der Waals surface area contributed by atoms with Crippen molar-refractivity contribution in [3.8, 4) is 11.5 Å². The fourth-order valence-corrected chi connectivity index (χ4v) is 6.33. The second kappa shape index (κ2) is 27.4. The van der Waals surface area contributed by atoms with E-state index in [1.165, 1.54) is 101 Å². The molecule has 0 fully saturated rings. The number of anilines is 2. The molecule has 2 aliphatic carbocycles. The third-order valence-electron chi connectivity index (χ3n) is 9.68. The monoisotopic (exact) mass is 900 g/mol. The van der Waals surface area contributed by atoms with Crippen LogP contribution in [0.25, 0.3) is 12.2 Å². The van der Waals surface area contributed by atoms with Crippen molar-refractivity contribution in [3.05, 3.63) is 140 Å². The van der Waals surface area contributed by atoms with Crippen molar-refractivity contribution < 1.29 is 53.5 Å². The molecule has 0 heterocycles. The summed E-state index contributed by atoms with van der Waals surface area (Å²) in [6, 6.07) is 21.7. The number of nitrogens with one attached hydrogen (secondary N) is 3. The Labute approximate surface area is 378 Å². The Morgan fingerprint density at radius 2 is 1.00 bits per heavy atom. The van der Waals surface area contributed by atoms with E-state index in [2.05, 4.69) is 33.3 Å². The predicted molar refractivity (Wildman–Crippen MR) is 244 cm³/mol. The number of carbonyl (C=O) groups excluding carboxylic acids is 2. The number of carbonyl (C=O) groups is 2. The smallest absolute Gasteiger partial charge is 0.505 e. The minimum atomic E-state index is -0.610.